The highest BCUT2D eigenvalue weighted by Crippen LogP contribution is 2.22. The molecule has 0 unspecified atom stereocenters. The van der Waals surface area contributed by atoms with E-state index in [9.17, 15) is 0 Å². The zero-order valence-corrected chi connectivity index (χ0v) is 11.9. The molecule has 0 aliphatic carbocycles. The van der Waals surface area contributed by atoms with Crippen LogP contribution < -0.4 is 10.1 Å². The Morgan fingerprint density at radius 3 is 2.89 bits per heavy atom. The summed E-state index contributed by atoms with van der Waals surface area (Å²) < 4.78 is 8.17. The Bertz CT molecular complexity index is 527. The van der Waals surface area contributed by atoms with Crippen LogP contribution in [0.5, 0.6) is 5.75 Å². The van der Waals surface area contributed by atoms with Gasteiger partial charge in [-0.3, -0.25) is 0 Å². The minimum Gasteiger partial charge on any atom is -0.497 e. The van der Waals surface area contributed by atoms with E-state index in [0.29, 0.717) is 6.54 Å². The quantitative estimate of drug-likeness (QED) is 0.916. The number of ether oxygens (including phenoxy) is 1. The number of rotatable bonds is 5. The van der Waals surface area contributed by atoms with Crippen LogP contribution in [0.25, 0.3) is 0 Å². The van der Waals surface area contributed by atoms with Crippen LogP contribution >= 0.6 is 15.9 Å². The third-order valence-corrected chi connectivity index (χ3v) is 3.43. The number of aromatic nitrogens is 3. The van der Waals surface area contributed by atoms with E-state index in [1.54, 1.807) is 13.4 Å². The molecule has 0 saturated carbocycles. The molecule has 0 atom stereocenters. The number of hydrogen-bond donors (Lipinski definition) is 1. The van der Waals surface area contributed by atoms with Gasteiger partial charge in [0.25, 0.3) is 0 Å². The molecule has 2 aromatic rings. The van der Waals surface area contributed by atoms with Crippen molar-refractivity contribution in [3.8, 4) is 5.75 Å². The molecule has 1 heterocycles. The van der Waals surface area contributed by atoms with Crippen molar-refractivity contribution in [1.82, 2.24) is 20.1 Å². The standard InChI is InChI=1S/C12H15BrN4O/c1-17-8-15-16-12(17)7-14-6-9-5-10(18-2)3-4-11(9)13/h3-5,8,14H,6-7H2,1-2H3. The van der Waals surface area contributed by atoms with Gasteiger partial charge in [-0.15, -0.1) is 10.2 Å². The minimum atomic E-state index is 0.681. The lowest BCUT2D eigenvalue weighted by molar-refractivity contribution is 0.414. The molecule has 1 aromatic carbocycles. The fourth-order valence-electron chi connectivity index (χ4n) is 1.59. The Labute approximate surface area is 114 Å². The van der Waals surface area contributed by atoms with Crippen LogP contribution in [0.15, 0.2) is 29.0 Å². The van der Waals surface area contributed by atoms with E-state index in [1.807, 2.05) is 29.8 Å². The summed E-state index contributed by atoms with van der Waals surface area (Å²) in [4.78, 5) is 0. The van der Waals surface area contributed by atoms with Crippen molar-refractivity contribution in [2.45, 2.75) is 13.1 Å². The van der Waals surface area contributed by atoms with Crippen LogP contribution in [0.3, 0.4) is 0 Å². The second kappa shape index (κ2) is 5.97. The third-order valence-electron chi connectivity index (χ3n) is 2.66. The largest absolute Gasteiger partial charge is 0.497 e. The minimum absolute atomic E-state index is 0.681. The van der Waals surface area contributed by atoms with Crippen LogP contribution in [0.2, 0.25) is 0 Å². The van der Waals surface area contributed by atoms with Gasteiger partial charge in [-0.1, -0.05) is 15.9 Å². The van der Waals surface area contributed by atoms with Gasteiger partial charge < -0.3 is 14.6 Å². The molecule has 6 heteroatoms. The molecule has 0 spiro atoms. The maximum absolute atomic E-state index is 5.21. The van der Waals surface area contributed by atoms with Gasteiger partial charge in [0.1, 0.15) is 17.9 Å². The summed E-state index contributed by atoms with van der Waals surface area (Å²) >= 11 is 3.52. The van der Waals surface area contributed by atoms with Crippen molar-refractivity contribution in [3.05, 3.63) is 40.4 Å². The van der Waals surface area contributed by atoms with E-state index in [1.165, 1.54) is 0 Å². The zero-order valence-electron chi connectivity index (χ0n) is 10.4. The molecule has 18 heavy (non-hydrogen) atoms. The Morgan fingerprint density at radius 2 is 2.22 bits per heavy atom. The molecule has 1 aromatic heterocycles. The van der Waals surface area contributed by atoms with Gasteiger partial charge in [-0.2, -0.15) is 0 Å². The number of nitrogens with zero attached hydrogens (tertiary/aromatic N) is 3. The Kier molecular flexibility index (Phi) is 4.33. The highest BCUT2D eigenvalue weighted by atomic mass is 79.9. The van der Waals surface area contributed by atoms with E-state index >= 15 is 0 Å². The third kappa shape index (κ3) is 3.08. The lowest BCUT2D eigenvalue weighted by atomic mass is 10.2. The molecule has 0 bridgehead atoms. The zero-order chi connectivity index (χ0) is 13.0. The van der Waals surface area contributed by atoms with Crippen molar-refractivity contribution in [2.24, 2.45) is 7.05 Å². The summed E-state index contributed by atoms with van der Waals surface area (Å²) in [6.07, 6.45) is 1.69. The van der Waals surface area contributed by atoms with Crippen LogP contribution in [-0.4, -0.2) is 21.9 Å². The van der Waals surface area contributed by atoms with E-state index in [-0.39, 0.29) is 0 Å². The molecule has 5 nitrogen and oxygen atoms in total. The van der Waals surface area contributed by atoms with Crippen LogP contribution in [0.4, 0.5) is 0 Å². The lowest BCUT2D eigenvalue weighted by Crippen LogP contribution is -2.16. The first-order chi connectivity index (χ1) is 8.70. The van der Waals surface area contributed by atoms with Gasteiger partial charge in [-0.25, -0.2) is 0 Å². The average Bonchev–Trinajstić information content (AvgIpc) is 2.77. The summed E-state index contributed by atoms with van der Waals surface area (Å²) in [5.41, 5.74) is 1.15. The van der Waals surface area contributed by atoms with Gasteiger partial charge >= 0.3 is 0 Å². The van der Waals surface area contributed by atoms with Gasteiger partial charge in [0.05, 0.1) is 13.7 Å². The number of aryl methyl sites for hydroxylation is 1. The van der Waals surface area contributed by atoms with Gasteiger partial charge in [0.2, 0.25) is 0 Å². The second-order valence-electron chi connectivity index (χ2n) is 3.92. The first kappa shape index (κ1) is 13.0. The summed E-state index contributed by atoms with van der Waals surface area (Å²) in [7, 11) is 3.60. The number of hydrogen-bond acceptors (Lipinski definition) is 4. The summed E-state index contributed by atoms with van der Waals surface area (Å²) in [6.45, 7) is 1.42. The molecular formula is C12H15BrN4O. The highest BCUT2D eigenvalue weighted by molar-refractivity contribution is 9.10. The predicted molar refractivity (Wildman–Crippen MR) is 72.2 cm³/mol. The number of nitrogens with one attached hydrogen (secondary N) is 1. The molecule has 96 valence electrons. The fraction of sp³-hybridized carbons (Fsp3) is 0.333. The molecule has 0 aliphatic rings. The van der Waals surface area contributed by atoms with E-state index < -0.39 is 0 Å². The number of methoxy groups -OCH3 is 1. The highest BCUT2D eigenvalue weighted by Gasteiger charge is 2.04. The van der Waals surface area contributed by atoms with Crippen molar-refractivity contribution < 1.29 is 4.74 Å². The maximum Gasteiger partial charge on any atom is 0.146 e. The van der Waals surface area contributed by atoms with E-state index in [2.05, 4.69) is 31.4 Å². The van der Waals surface area contributed by atoms with E-state index in [4.69, 9.17) is 4.74 Å². The summed E-state index contributed by atoms with van der Waals surface area (Å²) in [5.74, 6) is 1.77. The fourth-order valence-corrected chi connectivity index (χ4v) is 1.98. The van der Waals surface area contributed by atoms with Crippen molar-refractivity contribution >= 4 is 15.9 Å². The number of halogens is 1. The van der Waals surface area contributed by atoms with Gasteiger partial charge in [0, 0.05) is 18.1 Å². The molecule has 1 N–H and O–H groups in total. The van der Waals surface area contributed by atoms with Crippen molar-refractivity contribution in [2.75, 3.05) is 7.11 Å². The molecule has 2 rings (SSSR count). The average molecular weight is 311 g/mol. The molecule has 0 radical (unpaired) electrons. The summed E-state index contributed by atoms with van der Waals surface area (Å²) in [5, 5.41) is 11.2. The molecule has 0 fully saturated rings. The number of benzene rings is 1. The van der Waals surface area contributed by atoms with E-state index in [0.717, 1.165) is 28.2 Å². The maximum atomic E-state index is 5.21. The Morgan fingerprint density at radius 1 is 1.39 bits per heavy atom. The monoisotopic (exact) mass is 310 g/mol. The molecular weight excluding hydrogens is 296 g/mol. The molecule has 0 aliphatic heterocycles. The van der Waals surface area contributed by atoms with Gasteiger partial charge in [0.15, 0.2) is 0 Å². The predicted octanol–water partition coefficient (Wildman–Crippen LogP) is 1.88. The molecule has 0 amide bonds. The molecule has 0 saturated heterocycles. The van der Waals surface area contributed by atoms with Gasteiger partial charge in [-0.05, 0) is 23.8 Å². The topological polar surface area (TPSA) is 52.0 Å². The second-order valence-corrected chi connectivity index (χ2v) is 4.77. The van der Waals surface area contributed by atoms with Crippen LogP contribution in [0, 0.1) is 0 Å². The first-order valence-electron chi connectivity index (χ1n) is 5.56. The van der Waals surface area contributed by atoms with Crippen LogP contribution in [-0.2, 0) is 20.1 Å². The SMILES string of the molecule is COc1ccc(Br)c(CNCc2nncn2C)c1. The lowest BCUT2D eigenvalue weighted by Gasteiger charge is -2.08. The van der Waals surface area contributed by atoms with Crippen molar-refractivity contribution in [1.29, 1.82) is 0 Å². The Balaban J connectivity index is 1.96. The Hall–Kier alpha value is -1.40. The first-order valence-corrected chi connectivity index (χ1v) is 6.36. The van der Waals surface area contributed by atoms with Crippen LogP contribution in [0.1, 0.15) is 11.4 Å². The summed E-state index contributed by atoms with van der Waals surface area (Å²) in [6, 6.07) is 5.92. The van der Waals surface area contributed by atoms with Crippen molar-refractivity contribution in [3.63, 3.8) is 0 Å². The normalized spacial score (nSPS) is 10.6. The smallest absolute Gasteiger partial charge is 0.146 e.